The molecule has 0 spiro atoms. The van der Waals surface area contributed by atoms with E-state index in [4.69, 9.17) is 9.47 Å². The van der Waals surface area contributed by atoms with Gasteiger partial charge in [-0.3, -0.25) is 9.59 Å². The largest absolute Gasteiger partial charge is 0.493 e. The molecule has 2 heterocycles. The molecule has 0 saturated heterocycles. The Morgan fingerprint density at radius 2 is 1.97 bits per heavy atom. The van der Waals surface area contributed by atoms with Crippen molar-refractivity contribution in [3.05, 3.63) is 53.6 Å². The van der Waals surface area contributed by atoms with Gasteiger partial charge in [-0.15, -0.1) is 6.58 Å². The first-order valence-corrected chi connectivity index (χ1v) is 9.56. The van der Waals surface area contributed by atoms with Gasteiger partial charge in [-0.1, -0.05) is 12.1 Å². The molecule has 2 aromatic rings. The lowest BCUT2D eigenvalue weighted by molar-refractivity contribution is 0.0941. The molecule has 0 saturated carbocycles. The van der Waals surface area contributed by atoms with Gasteiger partial charge in [-0.2, -0.15) is 0 Å². The minimum absolute atomic E-state index is 0.276. The number of benzene rings is 1. The number of aromatic nitrogens is 2. The van der Waals surface area contributed by atoms with E-state index in [2.05, 4.69) is 22.2 Å². The Balaban J connectivity index is 1.78. The minimum atomic E-state index is -0.299. The standard InChI is InChI=1S/C21H26N4O4/c1-4-10-22-21(27)19-24-18(15-7-5-6-11-25(15)19)20(26)23-13-14-8-9-16(28-2)17(12-14)29-3/h4,8-9,12H,1,5-7,10-11,13H2,2-3H3,(H,22,27)(H,23,26). The first-order valence-electron chi connectivity index (χ1n) is 9.56. The van der Waals surface area contributed by atoms with Crippen LogP contribution in [0.5, 0.6) is 11.5 Å². The van der Waals surface area contributed by atoms with Gasteiger partial charge in [0, 0.05) is 19.6 Å². The second-order valence-corrected chi connectivity index (χ2v) is 6.71. The summed E-state index contributed by atoms with van der Waals surface area (Å²) >= 11 is 0. The summed E-state index contributed by atoms with van der Waals surface area (Å²) < 4.78 is 12.4. The molecule has 0 bridgehead atoms. The Bertz CT molecular complexity index is 920. The maximum Gasteiger partial charge on any atom is 0.287 e. The van der Waals surface area contributed by atoms with Crippen LogP contribution >= 0.6 is 0 Å². The third-order valence-electron chi connectivity index (χ3n) is 4.84. The van der Waals surface area contributed by atoms with Gasteiger partial charge in [0.2, 0.25) is 0 Å². The molecule has 1 aliphatic heterocycles. The molecule has 0 fully saturated rings. The van der Waals surface area contributed by atoms with Crippen molar-refractivity contribution in [2.24, 2.45) is 0 Å². The number of amides is 2. The van der Waals surface area contributed by atoms with E-state index in [0.717, 1.165) is 30.5 Å². The molecule has 29 heavy (non-hydrogen) atoms. The van der Waals surface area contributed by atoms with Crippen molar-refractivity contribution in [3.8, 4) is 11.5 Å². The average Bonchev–Trinajstić information content (AvgIpc) is 3.15. The van der Waals surface area contributed by atoms with E-state index in [1.807, 2.05) is 16.7 Å². The lowest BCUT2D eigenvalue weighted by Gasteiger charge is -2.17. The molecule has 3 rings (SSSR count). The summed E-state index contributed by atoms with van der Waals surface area (Å²) in [5.41, 5.74) is 1.99. The zero-order chi connectivity index (χ0) is 20.8. The highest BCUT2D eigenvalue weighted by Crippen LogP contribution is 2.27. The van der Waals surface area contributed by atoms with Gasteiger partial charge in [0.1, 0.15) is 5.69 Å². The zero-order valence-corrected chi connectivity index (χ0v) is 16.8. The number of hydrogen-bond acceptors (Lipinski definition) is 5. The SMILES string of the molecule is C=CCNC(=O)c1nc(C(=O)NCc2ccc(OC)c(OC)c2)c2n1CCCC2. The first kappa shape index (κ1) is 20.4. The average molecular weight is 398 g/mol. The van der Waals surface area contributed by atoms with Crippen LogP contribution in [0, 0.1) is 0 Å². The Morgan fingerprint density at radius 3 is 2.69 bits per heavy atom. The third-order valence-corrected chi connectivity index (χ3v) is 4.84. The van der Waals surface area contributed by atoms with Crippen molar-refractivity contribution in [2.75, 3.05) is 20.8 Å². The molecular formula is C21H26N4O4. The number of nitrogens with zero attached hydrogens (tertiary/aromatic N) is 2. The van der Waals surface area contributed by atoms with Gasteiger partial charge in [-0.25, -0.2) is 4.98 Å². The molecule has 2 amide bonds. The topological polar surface area (TPSA) is 94.5 Å². The Kier molecular flexibility index (Phi) is 6.54. The van der Waals surface area contributed by atoms with Crippen LogP contribution in [0.2, 0.25) is 0 Å². The highest BCUT2D eigenvalue weighted by atomic mass is 16.5. The summed E-state index contributed by atoms with van der Waals surface area (Å²) in [5, 5.41) is 5.63. The molecule has 1 aliphatic rings. The number of ether oxygens (including phenoxy) is 2. The van der Waals surface area contributed by atoms with E-state index in [1.54, 1.807) is 26.4 Å². The van der Waals surface area contributed by atoms with Crippen LogP contribution in [-0.4, -0.2) is 42.1 Å². The first-order chi connectivity index (χ1) is 14.1. The van der Waals surface area contributed by atoms with Gasteiger partial charge in [0.25, 0.3) is 11.8 Å². The predicted molar refractivity (Wildman–Crippen MR) is 108 cm³/mol. The highest BCUT2D eigenvalue weighted by molar-refractivity contribution is 5.97. The summed E-state index contributed by atoms with van der Waals surface area (Å²) in [6.45, 7) is 4.94. The van der Waals surface area contributed by atoms with Crippen molar-refractivity contribution in [2.45, 2.75) is 32.4 Å². The van der Waals surface area contributed by atoms with Crippen molar-refractivity contribution < 1.29 is 19.1 Å². The molecule has 0 radical (unpaired) electrons. The van der Waals surface area contributed by atoms with E-state index in [1.165, 1.54) is 0 Å². The second-order valence-electron chi connectivity index (χ2n) is 6.71. The summed E-state index contributed by atoms with van der Waals surface area (Å²) in [5.74, 6) is 0.902. The molecular weight excluding hydrogens is 372 g/mol. The van der Waals surface area contributed by atoms with Crippen molar-refractivity contribution in [1.29, 1.82) is 0 Å². The summed E-state index contributed by atoms with van der Waals surface area (Å²) in [4.78, 5) is 29.6. The maximum atomic E-state index is 12.8. The van der Waals surface area contributed by atoms with Gasteiger partial charge in [0.05, 0.1) is 19.9 Å². The second kappa shape index (κ2) is 9.27. The molecule has 0 atom stereocenters. The molecule has 1 aromatic heterocycles. The smallest absolute Gasteiger partial charge is 0.287 e. The number of carbonyl (C=O) groups excluding carboxylic acids is 2. The Labute approximate surface area is 169 Å². The molecule has 8 heteroatoms. The summed E-state index contributed by atoms with van der Waals surface area (Å²) in [6.07, 6.45) is 4.25. The van der Waals surface area contributed by atoms with Crippen molar-refractivity contribution >= 4 is 11.8 Å². The van der Waals surface area contributed by atoms with Gasteiger partial charge in [0.15, 0.2) is 17.3 Å². The number of imidazole rings is 1. The quantitative estimate of drug-likeness (QED) is 0.664. The lowest BCUT2D eigenvalue weighted by atomic mass is 10.1. The fourth-order valence-corrected chi connectivity index (χ4v) is 3.40. The number of rotatable bonds is 8. The van der Waals surface area contributed by atoms with Crippen molar-refractivity contribution in [1.82, 2.24) is 20.2 Å². The van der Waals surface area contributed by atoms with Crippen LogP contribution in [0.1, 0.15) is 45.2 Å². The molecule has 0 unspecified atom stereocenters. The van der Waals surface area contributed by atoms with Gasteiger partial charge >= 0.3 is 0 Å². The van der Waals surface area contributed by atoms with Crippen LogP contribution in [0.3, 0.4) is 0 Å². The lowest BCUT2D eigenvalue weighted by Crippen LogP contribution is -2.28. The van der Waals surface area contributed by atoms with Crippen LogP contribution in [-0.2, 0) is 19.5 Å². The highest BCUT2D eigenvalue weighted by Gasteiger charge is 2.27. The Hall–Kier alpha value is -3.29. The number of methoxy groups -OCH3 is 2. The molecule has 8 nitrogen and oxygen atoms in total. The van der Waals surface area contributed by atoms with Gasteiger partial charge in [-0.05, 0) is 37.0 Å². The number of carbonyl (C=O) groups is 2. The van der Waals surface area contributed by atoms with Crippen LogP contribution < -0.4 is 20.1 Å². The van der Waals surface area contributed by atoms with E-state index in [9.17, 15) is 9.59 Å². The van der Waals surface area contributed by atoms with E-state index in [0.29, 0.717) is 36.8 Å². The zero-order valence-electron chi connectivity index (χ0n) is 16.8. The maximum absolute atomic E-state index is 12.8. The normalized spacial score (nSPS) is 12.6. The Morgan fingerprint density at radius 1 is 1.17 bits per heavy atom. The molecule has 2 N–H and O–H groups in total. The van der Waals surface area contributed by atoms with Gasteiger partial charge < -0.3 is 24.7 Å². The molecule has 0 aliphatic carbocycles. The van der Waals surface area contributed by atoms with Crippen LogP contribution in [0.4, 0.5) is 0 Å². The summed E-state index contributed by atoms with van der Waals surface area (Å²) in [6, 6.07) is 5.47. The number of fused-ring (bicyclic) bond motifs is 1. The fourth-order valence-electron chi connectivity index (χ4n) is 3.40. The van der Waals surface area contributed by atoms with Crippen molar-refractivity contribution in [3.63, 3.8) is 0 Å². The van der Waals surface area contributed by atoms with E-state index < -0.39 is 0 Å². The van der Waals surface area contributed by atoms with E-state index in [-0.39, 0.29) is 17.6 Å². The molecule has 1 aromatic carbocycles. The molecule has 154 valence electrons. The minimum Gasteiger partial charge on any atom is -0.493 e. The predicted octanol–water partition coefficient (Wildman–Crippen LogP) is 2.08. The van der Waals surface area contributed by atoms with Crippen LogP contribution in [0.15, 0.2) is 30.9 Å². The number of hydrogen-bond donors (Lipinski definition) is 2. The third kappa shape index (κ3) is 4.42. The fraction of sp³-hybridized carbons (Fsp3) is 0.381. The van der Waals surface area contributed by atoms with Crippen LogP contribution in [0.25, 0.3) is 0 Å². The van der Waals surface area contributed by atoms with E-state index >= 15 is 0 Å². The monoisotopic (exact) mass is 398 g/mol. The summed E-state index contributed by atoms with van der Waals surface area (Å²) in [7, 11) is 3.14. The number of nitrogens with one attached hydrogen (secondary N) is 2.